The molecule has 0 aliphatic carbocycles. The fourth-order valence-corrected chi connectivity index (χ4v) is 2.53. The van der Waals surface area contributed by atoms with Gasteiger partial charge in [-0.2, -0.15) is 0 Å². The van der Waals surface area contributed by atoms with E-state index in [1.807, 2.05) is 0 Å². The van der Waals surface area contributed by atoms with Crippen molar-refractivity contribution < 1.29 is 9.47 Å². The van der Waals surface area contributed by atoms with E-state index in [4.69, 9.17) is 9.47 Å². The lowest BCUT2D eigenvalue weighted by Crippen LogP contribution is -2.21. The second-order valence-electron chi connectivity index (χ2n) is 5.84. The molecule has 0 fully saturated rings. The molecule has 1 unspecified atom stereocenters. The fourth-order valence-electron chi connectivity index (χ4n) is 2.53. The Morgan fingerprint density at radius 1 is 1.10 bits per heavy atom. The highest BCUT2D eigenvalue weighted by Crippen LogP contribution is 2.33. The molecule has 1 N–H and O–H groups in total. The van der Waals surface area contributed by atoms with Crippen molar-refractivity contribution in [2.24, 2.45) is 5.92 Å². The molecule has 1 aliphatic heterocycles. The highest BCUT2D eigenvalue weighted by molar-refractivity contribution is 5.44. The van der Waals surface area contributed by atoms with Crippen molar-refractivity contribution >= 4 is 0 Å². The number of fused-ring (bicyclic) bond motifs is 1. The maximum absolute atomic E-state index is 5.79. The summed E-state index contributed by atoms with van der Waals surface area (Å²) in [5.74, 6) is 2.51. The molecule has 3 nitrogen and oxygen atoms in total. The van der Waals surface area contributed by atoms with Crippen LogP contribution in [0.5, 0.6) is 11.5 Å². The van der Waals surface area contributed by atoms with E-state index in [9.17, 15) is 0 Å². The van der Waals surface area contributed by atoms with E-state index in [0.717, 1.165) is 50.0 Å². The molecule has 0 spiro atoms. The molecule has 0 saturated carbocycles. The summed E-state index contributed by atoms with van der Waals surface area (Å²) in [5, 5.41) is 3.58. The molecule has 112 valence electrons. The van der Waals surface area contributed by atoms with Gasteiger partial charge in [-0.05, 0) is 43.0 Å². The van der Waals surface area contributed by atoms with E-state index in [1.165, 1.54) is 12.0 Å². The third-order valence-corrected chi connectivity index (χ3v) is 3.66. The number of benzene rings is 1. The van der Waals surface area contributed by atoms with Gasteiger partial charge < -0.3 is 14.8 Å². The first-order valence-corrected chi connectivity index (χ1v) is 7.83. The van der Waals surface area contributed by atoms with Crippen LogP contribution in [0.1, 0.15) is 51.6 Å². The summed E-state index contributed by atoms with van der Waals surface area (Å²) in [6.45, 7) is 9.18. The third-order valence-electron chi connectivity index (χ3n) is 3.66. The third kappa shape index (κ3) is 4.14. The quantitative estimate of drug-likeness (QED) is 0.854. The van der Waals surface area contributed by atoms with Crippen molar-refractivity contribution in [1.82, 2.24) is 5.32 Å². The first kappa shape index (κ1) is 15.2. The Hall–Kier alpha value is -1.22. The van der Waals surface area contributed by atoms with E-state index < -0.39 is 0 Å². The first-order chi connectivity index (χ1) is 9.70. The summed E-state index contributed by atoms with van der Waals surface area (Å²) >= 11 is 0. The summed E-state index contributed by atoms with van der Waals surface area (Å²) in [4.78, 5) is 0. The molecular formula is C17H27NO2. The smallest absolute Gasteiger partial charge is 0.161 e. The molecule has 0 radical (unpaired) electrons. The van der Waals surface area contributed by atoms with E-state index in [-0.39, 0.29) is 0 Å². The minimum absolute atomic E-state index is 0.402. The minimum atomic E-state index is 0.402. The van der Waals surface area contributed by atoms with Gasteiger partial charge in [0.1, 0.15) is 0 Å². The predicted molar refractivity (Wildman–Crippen MR) is 82.5 cm³/mol. The Bertz CT molecular complexity index is 417. The van der Waals surface area contributed by atoms with Crippen LogP contribution in [0.25, 0.3) is 0 Å². The Morgan fingerprint density at radius 2 is 1.85 bits per heavy atom. The Morgan fingerprint density at radius 3 is 2.55 bits per heavy atom. The molecule has 20 heavy (non-hydrogen) atoms. The summed E-state index contributed by atoms with van der Waals surface area (Å²) < 4.78 is 11.5. The van der Waals surface area contributed by atoms with Gasteiger partial charge >= 0.3 is 0 Å². The zero-order valence-corrected chi connectivity index (χ0v) is 12.9. The van der Waals surface area contributed by atoms with Crippen LogP contribution >= 0.6 is 0 Å². The highest BCUT2D eigenvalue weighted by atomic mass is 16.5. The van der Waals surface area contributed by atoms with Crippen LogP contribution in [0.2, 0.25) is 0 Å². The van der Waals surface area contributed by atoms with Crippen molar-refractivity contribution in [2.75, 3.05) is 19.8 Å². The number of hydrogen-bond acceptors (Lipinski definition) is 3. The monoisotopic (exact) mass is 277 g/mol. The summed E-state index contributed by atoms with van der Waals surface area (Å²) in [7, 11) is 0. The molecule has 1 aromatic rings. The predicted octanol–water partition coefficient (Wildman–Crippen LogP) is 3.93. The van der Waals surface area contributed by atoms with Gasteiger partial charge in [-0.3, -0.25) is 0 Å². The Kier molecular flexibility index (Phi) is 5.72. The number of hydrogen-bond donors (Lipinski definition) is 1. The van der Waals surface area contributed by atoms with Crippen molar-refractivity contribution in [3.63, 3.8) is 0 Å². The zero-order chi connectivity index (χ0) is 14.4. The molecule has 0 aromatic heterocycles. The number of nitrogens with one attached hydrogen (secondary N) is 1. The lowest BCUT2D eigenvalue weighted by Gasteiger charge is -2.20. The van der Waals surface area contributed by atoms with E-state index in [1.54, 1.807) is 0 Å². The standard InChI is InChI=1S/C17H27NO2/c1-4-18-15(8-6-13(2)3)14-7-9-16-17(12-14)20-11-5-10-19-16/h7,9,12-13,15,18H,4-6,8,10-11H2,1-3H3. The highest BCUT2D eigenvalue weighted by Gasteiger charge is 2.16. The van der Waals surface area contributed by atoms with Crippen molar-refractivity contribution in [3.05, 3.63) is 23.8 Å². The van der Waals surface area contributed by atoms with Crippen molar-refractivity contribution in [2.45, 2.75) is 46.1 Å². The van der Waals surface area contributed by atoms with Gasteiger partial charge in [-0.1, -0.05) is 26.8 Å². The lowest BCUT2D eigenvalue weighted by molar-refractivity contribution is 0.297. The van der Waals surface area contributed by atoms with E-state index in [2.05, 4.69) is 44.3 Å². The van der Waals surface area contributed by atoms with Crippen LogP contribution in [-0.2, 0) is 0 Å². The lowest BCUT2D eigenvalue weighted by atomic mass is 9.97. The second-order valence-corrected chi connectivity index (χ2v) is 5.84. The molecule has 1 aromatic carbocycles. The average molecular weight is 277 g/mol. The van der Waals surface area contributed by atoms with Gasteiger partial charge in [0.05, 0.1) is 13.2 Å². The number of ether oxygens (including phenoxy) is 2. The molecule has 1 aliphatic rings. The van der Waals surface area contributed by atoms with Crippen LogP contribution in [0.4, 0.5) is 0 Å². The normalized spacial score (nSPS) is 16.0. The van der Waals surface area contributed by atoms with Gasteiger partial charge in [0.25, 0.3) is 0 Å². The Labute approximate surface area is 122 Å². The molecule has 3 heteroatoms. The molecule has 0 saturated heterocycles. The van der Waals surface area contributed by atoms with Gasteiger partial charge in [0, 0.05) is 12.5 Å². The van der Waals surface area contributed by atoms with E-state index >= 15 is 0 Å². The van der Waals surface area contributed by atoms with Crippen LogP contribution in [0.15, 0.2) is 18.2 Å². The molecular weight excluding hydrogens is 250 g/mol. The average Bonchev–Trinajstić information content (AvgIpc) is 2.67. The summed E-state index contributed by atoms with van der Waals surface area (Å²) in [6.07, 6.45) is 3.34. The van der Waals surface area contributed by atoms with Gasteiger partial charge in [-0.25, -0.2) is 0 Å². The maximum atomic E-state index is 5.79. The fraction of sp³-hybridized carbons (Fsp3) is 0.647. The van der Waals surface area contributed by atoms with Gasteiger partial charge in [-0.15, -0.1) is 0 Å². The number of rotatable bonds is 6. The van der Waals surface area contributed by atoms with Crippen molar-refractivity contribution in [3.8, 4) is 11.5 Å². The van der Waals surface area contributed by atoms with Crippen LogP contribution in [0.3, 0.4) is 0 Å². The molecule has 1 heterocycles. The Balaban J connectivity index is 2.13. The first-order valence-electron chi connectivity index (χ1n) is 7.83. The van der Waals surface area contributed by atoms with E-state index in [0.29, 0.717) is 6.04 Å². The van der Waals surface area contributed by atoms with Crippen molar-refractivity contribution in [1.29, 1.82) is 0 Å². The topological polar surface area (TPSA) is 30.5 Å². The van der Waals surface area contributed by atoms with Crippen LogP contribution in [-0.4, -0.2) is 19.8 Å². The van der Waals surface area contributed by atoms with Crippen LogP contribution < -0.4 is 14.8 Å². The molecule has 2 rings (SSSR count). The second kappa shape index (κ2) is 7.53. The zero-order valence-electron chi connectivity index (χ0n) is 12.9. The summed E-state index contributed by atoms with van der Waals surface area (Å²) in [6, 6.07) is 6.77. The van der Waals surface area contributed by atoms with Gasteiger partial charge in [0.15, 0.2) is 11.5 Å². The maximum Gasteiger partial charge on any atom is 0.161 e. The SMILES string of the molecule is CCNC(CCC(C)C)c1ccc2c(c1)OCCCO2. The van der Waals surface area contributed by atoms with Crippen LogP contribution in [0, 0.1) is 5.92 Å². The largest absolute Gasteiger partial charge is 0.490 e. The minimum Gasteiger partial charge on any atom is -0.490 e. The molecule has 0 bridgehead atoms. The van der Waals surface area contributed by atoms with Gasteiger partial charge in [0.2, 0.25) is 0 Å². The molecule has 1 atom stereocenters. The summed E-state index contributed by atoms with van der Waals surface area (Å²) in [5.41, 5.74) is 1.30. The molecule has 0 amide bonds.